The van der Waals surface area contributed by atoms with Crippen LogP contribution < -0.4 is 5.32 Å². The maximum absolute atomic E-state index is 11.8. The Morgan fingerprint density at radius 2 is 1.10 bits per heavy atom. The summed E-state index contributed by atoms with van der Waals surface area (Å²) in [5, 5.41) is 2.90. The van der Waals surface area contributed by atoms with Crippen molar-refractivity contribution < 1.29 is 9.53 Å². The van der Waals surface area contributed by atoms with E-state index in [1.54, 1.807) is 5.57 Å². The molecule has 0 saturated carbocycles. The van der Waals surface area contributed by atoms with Crippen molar-refractivity contribution >= 4 is 6.09 Å². The van der Waals surface area contributed by atoms with Crippen LogP contribution in [0.3, 0.4) is 0 Å². The summed E-state index contributed by atoms with van der Waals surface area (Å²) in [4.78, 5) is 13.9. The molecule has 0 atom stereocenters. The Hall–Kier alpha value is -1.03. The molecule has 0 aliphatic heterocycles. The molecule has 39 heavy (non-hydrogen) atoms. The van der Waals surface area contributed by atoms with Crippen molar-refractivity contribution in [2.24, 2.45) is 0 Å². The molecule has 232 valence electrons. The average molecular weight is 551 g/mol. The van der Waals surface area contributed by atoms with Gasteiger partial charge in [0.05, 0.1) is 6.61 Å². The highest BCUT2D eigenvalue weighted by Gasteiger charge is 2.02. The number of hydrogen-bond donors (Lipinski definition) is 1. The monoisotopic (exact) mass is 551 g/mol. The second kappa shape index (κ2) is 31.5. The van der Waals surface area contributed by atoms with Gasteiger partial charge in [0.15, 0.2) is 0 Å². The van der Waals surface area contributed by atoms with Crippen LogP contribution in [0.5, 0.6) is 0 Å². The predicted molar refractivity (Wildman–Crippen MR) is 173 cm³/mol. The lowest BCUT2D eigenvalue weighted by atomic mass is 9.97. The van der Waals surface area contributed by atoms with Crippen molar-refractivity contribution in [1.29, 1.82) is 0 Å². The predicted octanol–water partition coefficient (Wildman–Crippen LogP) is 11.0. The second-order valence-corrected chi connectivity index (χ2v) is 12.1. The zero-order valence-electron chi connectivity index (χ0n) is 27.1. The zero-order chi connectivity index (χ0) is 28.7. The summed E-state index contributed by atoms with van der Waals surface area (Å²) in [5.41, 5.74) is 1.74. The van der Waals surface area contributed by atoms with Gasteiger partial charge in [-0.3, -0.25) is 0 Å². The minimum atomic E-state index is -0.255. The number of unbranched alkanes of at least 4 members (excludes halogenated alkanes) is 19. The van der Waals surface area contributed by atoms with E-state index in [-0.39, 0.29) is 6.09 Å². The lowest BCUT2D eigenvalue weighted by molar-refractivity contribution is 0.143. The number of rotatable bonds is 30. The first-order chi connectivity index (χ1) is 19.1. The van der Waals surface area contributed by atoms with Crippen molar-refractivity contribution in [3.8, 4) is 0 Å². The van der Waals surface area contributed by atoms with E-state index in [0.29, 0.717) is 6.61 Å². The van der Waals surface area contributed by atoms with Crippen LogP contribution in [0.25, 0.3) is 0 Å². The third-order valence-corrected chi connectivity index (χ3v) is 7.77. The summed E-state index contributed by atoms with van der Waals surface area (Å²) in [7, 11) is 4.14. The lowest BCUT2D eigenvalue weighted by Gasteiger charge is -2.10. The van der Waals surface area contributed by atoms with Crippen LogP contribution in [0.15, 0.2) is 11.6 Å². The minimum Gasteiger partial charge on any atom is -0.450 e. The molecule has 0 saturated heterocycles. The van der Waals surface area contributed by atoms with Gasteiger partial charge in [0.1, 0.15) is 0 Å². The molecule has 0 aromatic carbocycles. The average Bonchev–Trinajstić information content (AvgIpc) is 2.92. The van der Waals surface area contributed by atoms with Crippen molar-refractivity contribution in [1.82, 2.24) is 10.2 Å². The third kappa shape index (κ3) is 31.4. The molecule has 0 radical (unpaired) electrons. The molecule has 0 fully saturated rings. The maximum atomic E-state index is 11.8. The minimum absolute atomic E-state index is 0.255. The van der Waals surface area contributed by atoms with Gasteiger partial charge < -0.3 is 15.0 Å². The van der Waals surface area contributed by atoms with Gasteiger partial charge in [-0.25, -0.2) is 4.79 Å². The number of nitrogens with zero attached hydrogens (tertiary/aromatic N) is 1. The number of carbonyl (C=O) groups is 1. The maximum Gasteiger partial charge on any atom is 0.407 e. The molecule has 0 spiro atoms. The van der Waals surface area contributed by atoms with E-state index in [1.807, 2.05) is 0 Å². The van der Waals surface area contributed by atoms with Gasteiger partial charge in [0.2, 0.25) is 0 Å². The molecular weight excluding hydrogens is 480 g/mol. The molecule has 0 unspecified atom stereocenters. The smallest absolute Gasteiger partial charge is 0.407 e. The van der Waals surface area contributed by atoms with Gasteiger partial charge in [-0.05, 0) is 78.4 Å². The Morgan fingerprint density at radius 3 is 1.64 bits per heavy atom. The SMILES string of the molecule is CCCCCCCCCCC(=CCCCCCCNC(=O)OCCCCN(C)C)CCCCCCCCCC. The molecule has 0 bridgehead atoms. The first-order valence-corrected chi connectivity index (χ1v) is 17.3. The number of hydrogen-bond acceptors (Lipinski definition) is 3. The van der Waals surface area contributed by atoms with Crippen LogP contribution in [0.4, 0.5) is 4.79 Å². The number of nitrogens with one attached hydrogen (secondary N) is 1. The largest absolute Gasteiger partial charge is 0.450 e. The topological polar surface area (TPSA) is 41.6 Å². The number of alkyl carbamates (subject to hydrolysis) is 1. The van der Waals surface area contributed by atoms with Gasteiger partial charge in [0.25, 0.3) is 0 Å². The molecule has 4 heteroatoms. The van der Waals surface area contributed by atoms with E-state index in [0.717, 1.165) is 32.4 Å². The fourth-order valence-corrected chi connectivity index (χ4v) is 5.17. The first-order valence-electron chi connectivity index (χ1n) is 17.3. The van der Waals surface area contributed by atoms with Gasteiger partial charge in [-0.1, -0.05) is 128 Å². The number of carbonyl (C=O) groups excluding carboxylic acids is 1. The van der Waals surface area contributed by atoms with Gasteiger partial charge in [0, 0.05) is 6.54 Å². The Bertz CT molecular complexity index is 511. The normalized spacial score (nSPS) is 11.2. The molecule has 0 aliphatic carbocycles. The van der Waals surface area contributed by atoms with Crippen molar-refractivity contribution in [2.75, 3.05) is 33.8 Å². The molecule has 4 nitrogen and oxygen atoms in total. The number of amides is 1. The summed E-state index contributed by atoms with van der Waals surface area (Å²) >= 11 is 0. The highest BCUT2D eigenvalue weighted by atomic mass is 16.5. The Balaban J connectivity index is 3.99. The van der Waals surface area contributed by atoms with Crippen LogP contribution >= 0.6 is 0 Å². The van der Waals surface area contributed by atoms with Gasteiger partial charge in [-0.15, -0.1) is 0 Å². The highest BCUT2D eigenvalue weighted by molar-refractivity contribution is 5.66. The van der Waals surface area contributed by atoms with Crippen LogP contribution in [0.2, 0.25) is 0 Å². The van der Waals surface area contributed by atoms with Crippen LogP contribution in [-0.4, -0.2) is 44.8 Å². The van der Waals surface area contributed by atoms with Gasteiger partial charge >= 0.3 is 6.09 Å². The lowest BCUT2D eigenvalue weighted by Crippen LogP contribution is -2.25. The summed E-state index contributed by atoms with van der Waals surface area (Å²) in [6.45, 7) is 6.89. The third-order valence-electron chi connectivity index (χ3n) is 7.77. The fraction of sp³-hybridized carbons (Fsp3) is 0.914. The van der Waals surface area contributed by atoms with E-state index in [9.17, 15) is 4.79 Å². The van der Waals surface area contributed by atoms with E-state index in [2.05, 4.69) is 44.2 Å². The first kappa shape index (κ1) is 38.0. The Labute approximate surface area is 245 Å². The summed E-state index contributed by atoms with van der Waals surface area (Å²) < 4.78 is 5.26. The molecule has 1 N–H and O–H groups in total. The molecule has 0 rings (SSSR count). The number of ether oxygens (including phenoxy) is 1. The van der Waals surface area contributed by atoms with Crippen LogP contribution in [0.1, 0.15) is 174 Å². The standard InChI is InChI=1S/C35H70N2O2/c1-5-7-9-11-13-15-18-22-28-34(29-23-19-16-14-12-10-8-6-2)30-24-20-17-21-25-31-36-35(38)39-33-27-26-32-37(3)4/h30H,5-29,31-33H2,1-4H3,(H,36,38). The Morgan fingerprint density at radius 1 is 0.615 bits per heavy atom. The van der Waals surface area contributed by atoms with E-state index < -0.39 is 0 Å². The molecular formula is C35H70N2O2. The zero-order valence-corrected chi connectivity index (χ0v) is 27.1. The summed E-state index contributed by atoms with van der Waals surface area (Å²) in [6, 6.07) is 0. The van der Waals surface area contributed by atoms with Crippen LogP contribution in [0, 0.1) is 0 Å². The molecule has 1 amide bonds. The number of allylic oxidation sites excluding steroid dienone is 2. The Kier molecular flexibility index (Phi) is 30.7. The summed E-state index contributed by atoms with van der Waals surface area (Å²) in [5.74, 6) is 0. The molecule has 0 aliphatic rings. The van der Waals surface area contributed by atoms with Crippen molar-refractivity contribution in [3.05, 3.63) is 11.6 Å². The molecule has 0 aromatic heterocycles. The highest BCUT2D eigenvalue weighted by Crippen LogP contribution is 2.20. The quantitative estimate of drug-likeness (QED) is 0.0714. The van der Waals surface area contributed by atoms with E-state index in [4.69, 9.17) is 4.74 Å². The van der Waals surface area contributed by atoms with Gasteiger partial charge in [-0.2, -0.15) is 0 Å². The van der Waals surface area contributed by atoms with E-state index >= 15 is 0 Å². The second-order valence-electron chi connectivity index (χ2n) is 12.1. The molecule has 0 aromatic rings. The molecule has 0 heterocycles. The van der Waals surface area contributed by atoms with Crippen molar-refractivity contribution in [3.63, 3.8) is 0 Å². The van der Waals surface area contributed by atoms with Crippen molar-refractivity contribution in [2.45, 2.75) is 174 Å². The van der Waals surface area contributed by atoms with E-state index in [1.165, 1.54) is 141 Å². The van der Waals surface area contributed by atoms with Crippen LogP contribution in [-0.2, 0) is 4.74 Å². The fourth-order valence-electron chi connectivity index (χ4n) is 5.17. The summed E-state index contributed by atoms with van der Waals surface area (Å²) in [6.07, 6.45) is 35.5.